The van der Waals surface area contributed by atoms with Crippen LogP contribution in [0.4, 0.5) is 9.18 Å². The van der Waals surface area contributed by atoms with Gasteiger partial charge in [0.2, 0.25) is 0 Å². The summed E-state index contributed by atoms with van der Waals surface area (Å²) < 4.78 is 59.9. The van der Waals surface area contributed by atoms with E-state index in [9.17, 15) is 22.4 Å². The predicted molar refractivity (Wildman–Crippen MR) is 157 cm³/mol. The molecule has 5 rings (SSSR count). The number of amides is 1. The number of ether oxygens (including phenoxy) is 3. The number of aromatic nitrogens is 2. The molecule has 1 amide bonds. The Morgan fingerprint density at radius 2 is 1.72 bits per heavy atom. The van der Waals surface area contributed by atoms with Crippen molar-refractivity contribution in [1.82, 2.24) is 13.9 Å². The lowest BCUT2D eigenvalue weighted by atomic mass is 10.0. The Morgan fingerprint density at radius 3 is 2.37 bits per heavy atom. The van der Waals surface area contributed by atoms with Crippen molar-refractivity contribution in [3.8, 4) is 16.9 Å². The molecule has 2 aromatic heterocycles. The van der Waals surface area contributed by atoms with Crippen molar-refractivity contribution in [3.63, 3.8) is 0 Å². The van der Waals surface area contributed by atoms with Gasteiger partial charge in [0.05, 0.1) is 31.4 Å². The van der Waals surface area contributed by atoms with Gasteiger partial charge >= 0.3 is 12.1 Å². The minimum atomic E-state index is -4.27. The van der Waals surface area contributed by atoms with Gasteiger partial charge in [0.1, 0.15) is 17.2 Å². The van der Waals surface area contributed by atoms with Crippen LogP contribution in [0.15, 0.2) is 77.8 Å². The van der Waals surface area contributed by atoms with Crippen molar-refractivity contribution in [1.29, 1.82) is 0 Å². The molecule has 2 aromatic carbocycles. The molecule has 0 spiro atoms. The van der Waals surface area contributed by atoms with Gasteiger partial charge in [-0.05, 0) is 80.4 Å². The summed E-state index contributed by atoms with van der Waals surface area (Å²) in [5, 5.41) is 0.382. The van der Waals surface area contributed by atoms with Crippen molar-refractivity contribution in [3.05, 3.63) is 84.4 Å². The molecule has 1 unspecified atom stereocenters. The van der Waals surface area contributed by atoms with Crippen molar-refractivity contribution in [2.45, 2.75) is 37.3 Å². The van der Waals surface area contributed by atoms with Gasteiger partial charge in [0.15, 0.2) is 11.7 Å². The molecule has 43 heavy (non-hydrogen) atoms. The quantitative estimate of drug-likeness (QED) is 0.273. The highest BCUT2D eigenvalue weighted by molar-refractivity contribution is 7.90. The summed E-state index contributed by atoms with van der Waals surface area (Å²) >= 11 is 0. The van der Waals surface area contributed by atoms with E-state index in [0.29, 0.717) is 27.8 Å². The summed E-state index contributed by atoms with van der Waals surface area (Å²) in [5.41, 5.74) is 0.573. The number of esters is 1. The van der Waals surface area contributed by atoms with Gasteiger partial charge in [-0.2, -0.15) is 0 Å². The molecule has 0 aliphatic carbocycles. The van der Waals surface area contributed by atoms with Crippen LogP contribution in [0.5, 0.6) is 5.75 Å². The van der Waals surface area contributed by atoms with E-state index in [0.717, 1.165) is 3.97 Å². The first-order valence-electron chi connectivity index (χ1n) is 13.3. The highest BCUT2D eigenvalue weighted by Crippen LogP contribution is 2.40. The highest BCUT2D eigenvalue weighted by Gasteiger charge is 2.39. The zero-order valence-electron chi connectivity index (χ0n) is 24.2. The van der Waals surface area contributed by atoms with E-state index >= 15 is 0 Å². The third kappa shape index (κ3) is 5.57. The third-order valence-corrected chi connectivity index (χ3v) is 8.55. The Morgan fingerprint density at radius 1 is 1.00 bits per heavy atom. The van der Waals surface area contributed by atoms with Gasteiger partial charge in [-0.3, -0.25) is 4.90 Å². The SMILES string of the molecule is COC(=O)C1C=C(c2cc3c(-c4cc(F)ccc4OC)ccnc3n2S(=O)(=O)c2ccccc2)CN1C(=O)OC(C)(C)C. The maximum atomic E-state index is 14.4. The molecular formula is C31H30FN3O7S. The van der Waals surface area contributed by atoms with E-state index < -0.39 is 39.5 Å². The minimum absolute atomic E-state index is 0.00333. The molecule has 224 valence electrons. The lowest BCUT2D eigenvalue weighted by molar-refractivity contribution is -0.144. The maximum absolute atomic E-state index is 14.4. The van der Waals surface area contributed by atoms with E-state index in [1.807, 2.05) is 0 Å². The van der Waals surface area contributed by atoms with E-state index in [-0.39, 0.29) is 22.8 Å². The van der Waals surface area contributed by atoms with Crippen LogP contribution >= 0.6 is 0 Å². The van der Waals surface area contributed by atoms with Crippen LogP contribution in [0.3, 0.4) is 0 Å². The van der Waals surface area contributed by atoms with Crippen LogP contribution in [-0.2, 0) is 24.3 Å². The number of rotatable bonds is 6. The van der Waals surface area contributed by atoms with Crippen molar-refractivity contribution < 1.29 is 36.6 Å². The molecular weight excluding hydrogens is 577 g/mol. The van der Waals surface area contributed by atoms with Crippen molar-refractivity contribution >= 4 is 38.7 Å². The number of hydrogen-bond donors (Lipinski definition) is 0. The Labute approximate surface area is 248 Å². The molecule has 0 radical (unpaired) electrons. The van der Waals surface area contributed by atoms with Gasteiger partial charge in [-0.15, -0.1) is 0 Å². The van der Waals surface area contributed by atoms with E-state index in [1.54, 1.807) is 51.1 Å². The maximum Gasteiger partial charge on any atom is 0.411 e. The van der Waals surface area contributed by atoms with Gasteiger partial charge < -0.3 is 14.2 Å². The largest absolute Gasteiger partial charge is 0.496 e. The van der Waals surface area contributed by atoms with Crippen LogP contribution in [0.25, 0.3) is 27.7 Å². The molecule has 0 fully saturated rings. The number of fused-ring (bicyclic) bond motifs is 1. The second-order valence-corrected chi connectivity index (χ2v) is 12.6. The van der Waals surface area contributed by atoms with Gasteiger partial charge in [0.25, 0.3) is 10.0 Å². The molecule has 0 N–H and O–H groups in total. The van der Waals surface area contributed by atoms with Crippen LogP contribution in [-0.4, -0.2) is 66.7 Å². The highest BCUT2D eigenvalue weighted by atomic mass is 32.2. The molecule has 4 aromatic rings. The second kappa shape index (κ2) is 11.2. The number of hydrogen-bond acceptors (Lipinski definition) is 8. The standard InChI is InChI=1S/C31H30FN3O7S/c1-31(2,3)42-30(37)34-18-19(15-26(34)29(36)41-5)25-17-24-22(23-16-20(32)11-12-27(23)40-4)13-14-33-28(24)35(25)43(38,39)21-9-7-6-8-10-21/h6-17,26H,18H2,1-5H3. The first kappa shape index (κ1) is 29.8. The Bertz CT molecular complexity index is 1860. The summed E-state index contributed by atoms with van der Waals surface area (Å²) in [5.74, 6) is -0.862. The predicted octanol–water partition coefficient (Wildman–Crippen LogP) is 5.26. The summed E-state index contributed by atoms with van der Waals surface area (Å²) in [4.78, 5) is 31.5. The topological polar surface area (TPSA) is 117 Å². The van der Waals surface area contributed by atoms with Gasteiger partial charge in [0, 0.05) is 17.1 Å². The lowest BCUT2D eigenvalue weighted by Crippen LogP contribution is -2.44. The number of halogens is 1. The number of methoxy groups -OCH3 is 2. The summed E-state index contributed by atoms with van der Waals surface area (Å²) in [6.07, 6.45) is 2.13. The fourth-order valence-corrected chi connectivity index (χ4v) is 6.48. The minimum Gasteiger partial charge on any atom is -0.496 e. The summed E-state index contributed by atoms with van der Waals surface area (Å²) in [6.45, 7) is 4.93. The van der Waals surface area contributed by atoms with E-state index in [1.165, 1.54) is 61.7 Å². The normalized spacial score (nSPS) is 15.3. The first-order valence-corrected chi connectivity index (χ1v) is 14.7. The molecule has 1 aliphatic heterocycles. The molecule has 0 saturated heterocycles. The lowest BCUT2D eigenvalue weighted by Gasteiger charge is -2.27. The van der Waals surface area contributed by atoms with E-state index in [2.05, 4.69) is 4.98 Å². The monoisotopic (exact) mass is 607 g/mol. The van der Waals surface area contributed by atoms with Crippen molar-refractivity contribution in [2.24, 2.45) is 0 Å². The number of carbonyl (C=O) groups is 2. The summed E-state index contributed by atoms with van der Waals surface area (Å²) in [7, 11) is -1.62. The van der Waals surface area contributed by atoms with Crippen LogP contribution < -0.4 is 4.74 Å². The molecule has 0 bridgehead atoms. The zero-order chi connectivity index (χ0) is 31.1. The number of carbonyl (C=O) groups excluding carboxylic acids is 2. The molecule has 10 nitrogen and oxygen atoms in total. The number of pyridine rings is 1. The number of benzene rings is 2. The Balaban J connectivity index is 1.77. The molecule has 3 heterocycles. The zero-order valence-corrected chi connectivity index (χ0v) is 25.0. The molecule has 12 heteroatoms. The van der Waals surface area contributed by atoms with E-state index in [4.69, 9.17) is 14.2 Å². The molecule has 1 atom stereocenters. The third-order valence-electron chi connectivity index (χ3n) is 6.83. The fraction of sp³-hybridized carbons (Fsp3) is 0.258. The van der Waals surface area contributed by atoms with Gasteiger partial charge in [-0.1, -0.05) is 18.2 Å². The Hall–Kier alpha value is -4.71. The smallest absolute Gasteiger partial charge is 0.411 e. The first-order chi connectivity index (χ1) is 20.4. The Kier molecular flexibility index (Phi) is 7.74. The van der Waals surface area contributed by atoms with Gasteiger partial charge in [-0.25, -0.2) is 31.4 Å². The number of nitrogens with zero attached hydrogens (tertiary/aromatic N) is 3. The molecule has 0 saturated carbocycles. The second-order valence-electron chi connectivity index (χ2n) is 10.8. The average molecular weight is 608 g/mol. The van der Waals surface area contributed by atoms with Crippen LogP contribution in [0, 0.1) is 5.82 Å². The molecule has 1 aliphatic rings. The van der Waals surface area contributed by atoms with Crippen molar-refractivity contribution in [2.75, 3.05) is 20.8 Å². The fourth-order valence-electron chi connectivity index (χ4n) is 4.96. The van der Waals surface area contributed by atoms with Crippen LogP contribution in [0.1, 0.15) is 26.5 Å². The summed E-state index contributed by atoms with van der Waals surface area (Å²) in [6, 6.07) is 13.9. The van der Waals surface area contributed by atoms with Crippen LogP contribution in [0.2, 0.25) is 0 Å². The average Bonchev–Trinajstić information content (AvgIpc) is 3.59.